The molecule has 110 valence electrons. The van der Waals surface area contributed by atoms with Gasteiger partial charge < -0.3 is 10.5 Å². The topological polar surface area (TPSA) is 93.9 Å². The molecule has 1 amide bonds. The average molecular weight is 298 g/mol. The van der Waals surface area contributed by atoms with Crippen LogP contribution in [0.2, 0.25) is 0 Å². The largest absolute Gasteiger partial charge is 0.454 e. The zero-order valence-electron chi connectivity index (χ0n) is 11.3. The number of aromatic nitrogens is 3. The minimum atomic E-state index is -0.794. The van der Waals surface area contributed by atoms with Crippen LogP contribution in [0, 0.1) is 5.82 Å². The molecule has 1 aromatic heterocycles. The summed E-state index contributed by atoms with van der Waals surface area (Å²) in [7, 11) is 0. The number of H-pyrrole nitrogens is 1. The van der Waals surface area contributed by atoms with Crippen molar-refractivity contribution >= 4 is 5.91 Å². The highest BCUT2D eigenvalue weighted by atomic mass is 19.1. The molecule has 0 saturated heterocycles. The van der Waals surface area contributed by atoms with Gasteiger partial charge in [0.1, 0.15) is 11.4 Å². The molecular weight excluding hydrogens is 287 g/mol. The van der Waals surface area contributed by atoms with Gasteiger partial charge in [0.2, 0.25) is 0 Å². The van der Waals surface area contributed by atoms with E-state index in [0.717, 1.165) is 0 Å². The van der Waals surface area contributed by atoms with Gasteiger partial charge in [0.05, 0.1) is 0 Å². The van der Waals surface area contributed by atoms with E-state index < -0.39 is 11.7 Å². The molecule has 3 rings (SSSR count). The summed E-state index contributed by atoms with van der Waals surface area (Å²) >= 11 is 0. The fourth-order valence-corrected chi connectivity index (χ4v) is 1.98. The number of amides is 1. The molecule has 0 aliphatic heterocycles. The Bertz CT molecular complexity index is 817. The molecule has 0 bridgehead atoms. The molecule has 3 N–H and O–H groups in total. The number of carbonyl (C=O) groups is 1. The van der Waals surface area contributed by atoms with Gasteiger partial charge in [0.15, 0.2) is 17.3 Å². The zero-order valence-corrected chi connectivity index (χ0v) is 11.3. The number of primary amides is 1. The minimum absolute atomic E-state index is 0.0159. The van der Waals surface area contributed by atoms with Crippen LogP contribution in [-0.4, -0.2) is 21.3 Å². The van der Waals surface area contributed by atoms with Crippen LogP contribution in [-0.2, 0) is 0 Å². The highest BCUT2D eigenvalue weighted by Gasteiger charge is 2.20. The molecule has 0 fully saturated rings. The predicted molar refractivity (Wildman–Crippen MR) is 76.8 cm³/mol. The summed E-state index contributed by atoms with van der Waals surface area (Å²) in [6, 6.07) is 13.3. The molecule has 1 heterocycles. The lowest BCUT2D eigenvalue weighted by atomic mass is 10.1. The molecule has 22 heavy (non-hydrogen) atoms. The summed E-state index contributed by atoms with van der Waals surface area (Å²) in [5.74, 6) is -0.934. The molecule has 7 heteroatoms. The minimum Gasteiger partial charge on any atom is -0.454 e. The van der Waals surface area contributed by atoms with Crippen molar-refractivity contribution in [2.75, 3.05) is 0 Å². The van der Waals surface area contributed by atoms with Crippen molar-refractivity contribution in [3.05, 3.63) is 60.0 Å². The second-order valence-corrected chi connectivity index (χ2v) is 4.42. The van der Waals surface area contributed by atoms with Gasteiger partial charge in [-0.1, -0.05) is 24.3 Å². The first-order valence-corrected chi connectivity index (χ1v) is 6.39. The summed E-state index contributed by atoms with van der Waals surface area (Å²) in [5, 5.41) is 9.68. The Morgan fingerprint density at radius 3 is 2.59 bits per heavy atom. The van der Waals surface area contributed by atoms with Crippen LogP contribution in [0.15, 0.2) is 48.5 Å². The first kappa shape index (κ1) is 13.7. The van der Waals surface area contributed by atoms with Crippen LogP contribution < -0.4 is 10.5 Å². The second-order valence-electron chi connectivity index (χ2n) is 4.42. The van der Waals surface area contributed by atoms with Gasteiger partial charge in [-0.15, -0.1) is 0 Å². The fourth-order valence-electron chi connectivity index (χ4n) is 1.98. The Hall–Kier alpha value is -3.22. The van der Waals surface area contributed by atoms with E-state index in [0.29, 0.717) is 5.75 Å². The van der Waals surface area contributed by atoms with Gasteiger partial charge >= 0.3 is 0 Å². The van der Waals surface area contributed by atoms with Gasteiger partial charge in [-0.05, 0) is 24.3 Å². The summed E-state index contributed by atoms with van der Waals surface area (Å²) in [5.41, 5.74) is 5.19. The first-order valence-electron chi connectivity index (χ1n) is 6.39. The summed E-state index contributed by atoms with van der Waals surface area (Å²) in [6.07, 6.45) is 0. The average Bonchev–Trinajstić information content (AvgIpc) is 3.00. The Morgan fingerprint density at radius 1 is 1.09 bits per heavy atom. The maximum absolute atomic E-state index is 14.6. The number of halogens is 1. The van der Waals surface area contributed by atoms with Crippen molar-refractivity contribution in [1.29, 1.82) is 0 Å². The van der Waals surface area contributed by atoms with Crippen LogP contribution in [0.1, 0.15) is 10.5 Å². The standard InChI is InChI=1S/C15H11FN4O2/c16-12-10(13-14(15(17)21)19-20-18-13)7-4-8-11(12)22-9-5-2-1-3-6-9/h1-8H,(H2,17,21)(H,18,19,20). The maximum atomic E-state index is 14.6. The molecule has 0 spiro atoms. The van der Waals surface area contributed by atoms with Crippen molar-refractivity contribution in [1.82, 2.24) is 15.4 Å². The lowest BCUT2D eigenvalue weighted by Crippen LogP contribution is -2.13. The van der Waals surface area contributed by atoms with Gasteiger partial charge in [-0.3, -0.25) is 4.79 Å². The van der Waals surface area contributed by atoms with Crippen molar-refractivity contribution in [3.63, 3.8) is 0 Å². The Balaban J connectivity index is 2.02. The monoisotopic (exact) mass is 298 g/mol. The maximum Gasteiger partial charge on any atom is 0.271 e. The normalized spacial score (nSPS) is 10.4. The van der Waals surface area contributed by atoms with E-state index in [1.165, 1.54) is 12.1 Å². The van der Waals surface area contributed by atoms with Crippen LogP contribution in [0.5, 0.6) is 11.5 Å². The van der Waals surface area contributed by atoms with Crippen molar-refractivity contribution < 1.29 is 13.9 Å². The van der Waals surface area contributed by atoms with Crippen LogP contribution in [0.25, 0.3) is 11.3 Å². The van der Waals surface area contributed by atoms with Crippen LogP contribution in [0.4, 0.5) is 4.39 Å². The molecular formula is C15H11FN4O2. The number of benzene rings is 2. The molecule has 3 aromatic rings. The lowest BCUT2D eigenvalue weighted by Gasteiger charge is -2.09. The molecule has 0 unspecified atom stereocenters. The number of ether oxygens (including phenoxy) is 1. The number of nitrogens with one attached hydrogen (secondary N) is 1. The third-order valence-corrected chi connectivity index (χ3v) is 2.97. The van der Waals surface area contributed by atoms with Crippen molar-refractivity contribution in [2.24, 2.45) is 5.73 Å². The van der Waals surface area contributed by atoms with E-state index in [4.69, 9.17) is 10.5 Å². The quantitative estimate of drug-likeness (QED) is 0.773. The number of para-hydroxylation sites is 1. The Morgan fingerprint density at radius 2 is 1.86 bits per heavy atom. The van der Waals surface area contributed by atoms with E-state index in [2.05, 4.69) is 15.4 Å². The number of carbonyl (C=O) groups excluding carboxylic acids is 1. The molecule has 0 aliphatic carbocycles. The number of hydrogen-bond acceptors (Lipinski definition) is 4. The predicted octanol–water partition coefficient (Wildman–Crippen LogP) is 2.50. The number of aromatic amines is 1. The third-order valence-electron chi connectivity index (χ3n) is 2.97. The molecule has 0 aliphatic rings. The van der Waals surface area contributed by atoms with Gasteiger partial charge in [-0.25, -0.2) is 4.39 Å². The Labute approximate surface area is 124 Å². The molecule has 2 aromatic carbocycles. The Kier molecular flexibility index (Phi) is 3.53. The third kappa shape index (κ3) is 2.51. The van der Waals surface area contributed by atoms with Gasteiger partial charge in [0, 0.05) is 5.56 Å². The number of rotatable bonds is 4. The number of nitrogens with two attached hydrogens (primary N) is 1. The van der Waals surface area contributed by atoms with E-state index in [-0.39, 0.29) is 22.7 Å². The SMILES string of the molecule is NC(=O)c1n[nH]nc1-c1cccc(Oc2ccccc2)c1F. The van der Waals surface area contributed by atoms with E-state index in [9.17, 15) is 9.18 Å². The van der Waals surface area contributed by atoms with E-state index in [1.54, 1.807) is 30.3 Å². The summed E-state index contributed by atoms with van der Waals surface area (Å²) in [6.45, 7) is 0. The summed E-state index contributed by atoms with van der Waals surface area (Å²) < 4.78 is 20.1. The van der Waals surface area contributed by atoms with Crippen LogP contribution in [0.3, 0.4) is 0 Å². The lowest BCUT2D eigenvalue weighted by molar-refractivity contribution is 0.0996. The van der Waals surface area contributed by atoms with Crippen LogP contribution >= 0.6 is 0 Å². The van der Waals surface area contributed by atoms with E-state index >= 15 is 0 Å². The smallest absolute Gasteiger partial charge is 0.271 e. The fraction of sp³-hybridized carbons (Fsp3) is 0. The highest BCUT2D eigenvalue weighted by molar-refractivity contribution is 5.96. The number of nitrogens with zero attached hydrogens (tertiary/aromatic N) is 2. The molecule has 6 nitrogen and oxygen atoms in total. The summed E-state index contributed by atoms with van der Waals surface area (Å²) in [4.78, 5) is 11.3. The van der Waals surface area contributed by atoms with Gasteiger partial charge in [-0.2, -0.15) is 15.4 Å². The van der Waals surface area contributed by atoms with Crippen molar-refractivity contribution in [3.8, 4) is 22.8 Å². The molecule has 0 radical (unpaired) electrons. The molecule has 0 saturated carbocycles. The molecule has 0 atom stereocenters. The number of hydrogen-bond donors (Lipinski definition) is 2. The second kappa shape index (κ2) is 5.65. The highest BCUT2D eigenvalue weighted by Crippen LogP contribution is 2.31. The van der Waals surface area contributed by atoms with Crippen molar-refractivity contribution in [2.45, 2.75) is 0 Å². The van der Waals surface area contributed by atoms with E-state index in [1.807, 2.05) is 6.07 Å². The van der Waals surface area contributed by atoms with Gasteiger partial charge in [0.25, 0.3) is 5.91 Å². The zero-order chi connectivity index (χ0) is 15.5. The first-order chi connectivity index (χ1) is 10.7.